The van der Waals surface area contributed by atoms with Gasteiger partial charge in [0.2, 0.25) is 5.91 Å². The van der Waals surface area contributed by atoms with Crippen molar-refractivity contribution in [1.82, 2.24) is 5.32 Å². The molecule has 0 aliphatic heterocycles. The Morgan fingerprint density at radius 1 is 1.24 bits per heavy atom. The summed E-state index contributed by atoms with van der Waals surface area (Å²) < 4.78 is 5.56. The first kappa shape index (κ1) is 17.7. The maximum absolute atomic E-state index is 11.8. The van der Waals surface area contributed by atoms with Gasteiger partial charge in [0.1, 0.15) is 0 Å². The van der Waals surface area contributed by atoms with Gasteiger partial charge in [0.25, 0.3) is 0 Å². The molecule has 1 aromatic carbocycles. The van der Waals surface area contributed by atoms with Crippen LogP contribution in [-0.2, 0) is 16.0 Å². The molecule has 0 aromatic heterocycles. The van der Waals surface area contributed by atoms with Gasteiger partial charge in [-0.05, 0) is 23.8 Å². The summed E-state index contributed by atoms with van der Waals surface area (Å²) in [5, 5.41) is 2.85. The van der Waals surface area contributed by atoms with E-state index in [1.807, 2.05) is 39.0 Å². The summed E-state index contributed by atoms with van der Waals surface area (Å²) in [6, 6.07) is 9.79. The first-order valence-corrected chi connectivity index (χ1v) is 7.56. The van der Waals surface area contributed by atoms with Gasteiger partial charge in [-0.1, -0.05) is 51.1 Å². The van der Waals surface area contributed by atoms with Crippen molar-refractivity contribution < 1.29 is 9.53 Å². The molecular formula is C17H28N2O2. The molecule has 0 fully saturated rings. The van der Waals surface area contributed by atoms with Crippen LogP contribution in [0.3, 0.4) is 0 Å². The van der Waals surface area contributed by atoms with Crippen LogP contribution in [0.4, 0.5) is 0 Å². The Balaban J connectivity index is 2.03. The fourth-order valence-corrected chi connectivity index (χ4v) is 1.83. The number of nitrogens with one attached hydrogen (secondary N) is 1. The van der Waals surface area contributed by atoms with Gasteiger partial charge in [-0.2, -0.15) is 0 Å². The van der Waals surface area contributed by atoms with Gasteiger partial charge in [-0.25, -0.2) is 0 Å². The van der Waals surface area contributed by atoms with Crippen LogP contribution in [0.5, 0.6) is 0 Å². The van der Waals surface area contributed by atoms with Gasteiger partial charge < -0.3 is 15.8 Å². The molecule has 1 rings (SSSR count). The lowest BCUT2D eigenvalue weighted by Crippen LogP contribution is -2.48. The highest BCUT2D eigenvalue weighted by atomic mass is 16.5. The average molecular weight is 292 g/mol. The van der Waals surface area contributed by atoms with Crippen LogP contribution in [0.2, 0.25) is 0 Å². The van der Waals surface area contributed by atoms with Crippen molar-refractivity contribution in [2.24, 2.45) is 11.1 Å². The summed E-state index contributed by atoms with van der Waals surface area (Å²) in [5.41, 5.74) is 6.95. The third kappa shape index (κ3) is 7.25. The van der Waals surface area contributed by atoms with E-state index in [9.17, 15) is 4.79 Å². The van der Waals surface area contributed by atoms with Crippen molar-refractivity contribution in [2.45, 2.75) is 39.7 Å². The first-order valence-electron chi connectivity index (χ1n) is 7.56. The summed E-state index contributed by atoms with van der Waals surface area (Å²) in [5.74, 6) is -0.0909. The Bertz CT molecular complexity index is 413. The minimum absolute atomic E-state index is 0.0909. The van der Waals surface area contributed by atoms with E-state index in [2.05, 4.69) is 17.4 Å². The quantitative estimate of drug-likeness (QED) is 0.721. The predicted molar refractivity (Wildman–Crippen MR) is 86.0 cm³/mol. The standard InChI is InChI=1S/C17H28N2O2/c1-17(2,3)15(18)16(20)19-11-7-12-21-13-10-14-8-5-4-6-9-14/h4-6,8-9,15H,7,10-13,18H2,1-3H3,(H,19,20)/t15-/m1/s1. The van der Waals surface area contributed by atoms with E-state index in [4.69, 9.17) is 10.5 Å². The highest BCUT2D eigenvalue weighted by Gasteiger charge is 2.26. The lowest BCUT2D eigenvalue weighted by Gasteiger charge is -2.25. The monoisotopic (exact) mass is 292 g/mol. The van der Waals surface area contributed by atoms with Gasteiger partial charge in [-0.3, -0.25) is 4.79 Å². The van der Waals surface area contributed by atoms with Gasteiger partial charge in [0, 0.05) is 13.2 Å². The molecule has 0 heterocycles. The number of hydrogen-bond donors (Lipinski definition) is 2. The van der Waals surface area contributed by atoms with Crippen LogP contribution in [-0.4, -0.2) is 31.7 Å². The lowest BCUT2D eigenvalue weighted by atomic mass is 9.87. The van der Waals surface area contributed by atoms with Crippen molar-refractivity contribution in [2.75, 3.05) is 19.8 Å². The summed E-state index contributed by atoms with van der Waals surface area (Å²) >= 11 is 0. The lowest BCUT2D eigenvalue weighted by molar-refractivity contribution is -0.124. The minimum atomic E-state index is -0.475. The third-order valence-corrected chi connectivity index (χ3v) is 3.36. The molecule has 0 bridgehead atoms. The zero-order valence-corrected chi connectivity index (χ0v) is 13.4. The molecule has 21 heavy (non-hydrogen) atoms. The number of amides is 1. The number of benzene rings is 1. The van der Waals surface area contributed by atoms with E-state index in [0.717, 1.165) is 12.8 Å². The number of carbonyl (C=O) groups is 1. The van der Waals surface area contributed by atoms with E-state index in [0.29, 0.717) is 19.8 Å². The summed E-state index contributed by atoms with van der Waals surface area (Å²) in [4.78, 5) is 11.8. The van der Waals surface area contributed by atoms with Crippen LogP contribution in [0.1, 0.15) is 32.8 Å². The number of nitrogens with two attached hydrogens (primary N) is 1. The SMILES string of the molecule is CC(C)(C)[C@H](N)C(=O)NCCCOCCc1ccccc1. The summed E-state index contributed by atoms with van der Waals surface area (Å²) in [7, 11) is 0. The van der Waals surface area contributed by atoms with Gasteiger partial charge >= 0.3 is 0 Å². The second kappa shape index (κ2) is 8.80. The predicted octanol–water partition coefficient (Wildman–Crippen LogP) is 2.13. The Morgan fingerprint density at radius 3 is 2.52 bits per heavy atom. The molecule has 4 heteroatoms. The van der Waals surface area contributed by atoms with Crippen LogP contribution in [0.15, 0.2) is 30.3 Å². The van der Waals surface area contributed by atoms with Crippen molar-refractivity contribution in [1.29, 1.82) is 0 Å². The molecule has 1 atom stereocenters. The van der Waals surface area contributed by atoms with Crippen LogP contribution < -0.4 is 11.1 Å². The molecule has 0 saturated heterocycles. The molecule has 3 N–H and O–H groups in total. The molecule has 0 saturated carbocycles. The third-order valence-electron chi connectivity index (χ3n) is 3.36. The number of ether oxygens (including phenoxy) is 1. The fraction of sp³-hybridized carbons (Fsp3) is 0.588. The number of hydrogen-bond acceptors (Lipinski definition) is 3. The second-order valence-electron chi connectivity index (χ2n) is 6.34. The molecule has 4 nitrogen and oxygen atoms in total. The van der Waals surface area contributed by atoms with Crippen molar-refractivity contribution >= 4 is 5.91 Å². The van der Waals surface area contributed by atoms with Crippen LogP contribution in [0.25, 0.3) is 0 Å². The molecule has 118 valence electrons. The smallest absolute Gasteiger partial charge is 0.237 e. The second-order valence-corrected chi connectivity index (χ2v) is 6.34. The maximum Gasteiger partial charge on any atom is 0.237 e. The Kier molecular flexibility index (Phi) is 7.40. The molecule has 1 amide bonds. The molecular weight excluding hydrogens is 264 g/mol. The molecule has 0 radical (unpaired) electrons. The maximum atomic E-state index is 11.8. The van der Waals surface area contributed by atoms with Gasteiger partial charge in [-0.15, -0.1) is 0 Å². The van der Waals surface area contributed by atoms with Crippen LogP contribution in [0, 0.1) is 5.41 Å². The van der Waals surface area contributed by atoms with Crippen molar-refractivity contribution in [3.05, 3.63) is 35.9 Å². The molecule has 1 aromatic rings. The van der Waals surface area contributed by atoms with Crippen molar-refractivity contribution in [3.8, 4) is 0 Å². The number of carbonyl (C=O) groups excluding carboxylic acids is 1. The van der Waals surface area contributed by atoms with E-state index in [-0.39, 0.29) is 11.3 Å². The van der Waals surface area contributed by atoms with E-state index < -0.39 is 6.04 Å². The topological polar surface area (TPSA) is 64.4 Å². The van der Waals surface area contributed by atoms with Gasteiger partial charge in [0.15, 0.2) is 0 Å². The molecule has 0 unspecified atom stereocenters. The summed E-state index contributed by atoms with van der Waals surface area (Å²) in [6.07, 6.45) is 1.72. The highest BCUT2D eigenvalue weighted by molar-refractivity contribution is 5.82. The number of rotatable bonds is 8. The first-order chi connectivity index (χ1) is 9.91. The largest absolute Gasteiger partial charge is 0.381 e. The van der Waals surface area contributed by atoms with Crippen LogP contribution >= 0.6 is 0 Å². The van der Waals surface area contributed by atoms with E-state index >= 15 is 0 Å². The minimum Gasteiger partial charge on any atom is -0.381 e. The Labute approximate surface area is 128 Å². The fourth-order valence-electron chi connectivity index (χ4n) is 1.83. The Hall–Kier alpha value is -1.39. The zero-order valence-electron chi connectivity index (χ0n) is 13.4. The normalized spacial score (nSPS) is 13.0. The highest BCUT2D eigenvalue weighted by Crippen LogP contribution is 2.16. The Morgan fingerprint density at radius 2 is 1.90 bits per heavy atom. The van der Waals surface area contributed by atoms with E-state index in [1.54, 1.807) is 0 Å². The van der Waals surface area contributed by atoms with E-state index in [1.165, 1.54) is 5.56 Å². The van der Waals surface area contributed by atoms with Gasteiger partial charge in [0.05, 0.1) is 12.6 Å². The molecule has 0 aliphatic rings. The van der Waals surface area contributed by atoms with Crippen molar-refractivity contribution in [3.63, 3.8) is 0 Å². The molecule has 0 aliphatic carbocycles. The zero-order chi connectivity index (χ0) is 15.7. The average Bonchev–Trinajstić information content (AvgIpc) is 2.45. The molecule has 0 spiro atoms. The summed E-state index contributed by atoms with van der Waals surface area (Å²) in [6.45, 7) is 7.85.